The molecule has 0 aliphatic carbocycles. The van der Waals surface area contributed by atoms with Crippen LogP contribution in [0.3, 0.4) is 0 Å². The van der Waals surface area contributed by atoms with E-state index in [9.17, 15) is 4.91 Å². The summed E-state index contributed by atoms with van der Waals surface area (Å²) in [7, 11) is 0. The van der Waals surface area contributed by atoms with Crippen LogP contribution in [0, 0.1) is 4.91 Å². The normalized spacial score (nSPS) is 9.79. The molecule has 14 heavy (non-hydrogen) atoms. The lowest BCUT2D eigenvalue weighted by Gasteiger charge is -2.05. The molecular weight excluding hydrogens is 180 g/mol. The molecule has 0 bridgehead atoms. The quantitative estimate of drug-likeness (QED) is 0.559. The summed E-state index contributed by atoms with van der Waals surface area (Å²) < 4.78 is 5.17. The Morgan fingerprint density at radius 3 is 2.64 bits per heavy atom. The molecule has 0 aliphatic rings. The number of nitroso groups, excluding NO2 is 1. The van der Waals surface area contributed by atoms with Gasteiger partial charge in [-0.05, 0) is 36.4 Å². The van der Waals surface area contributed by atoms with Crippen molar-refractivity contribution in [3.63, 3.8) is 0 Å². The van der Waals surface area contributed by atoms with Crippen molar-refractivity contribution in [2.24, 2.45) is 5.18 Å². The molecule has 4 heteroatoms. The Morgan fingerprint density at radius 1 is 1.36 bits per heavy atom. The fraction of sp³-hybridized carbons (Fsp3) is 0.400. The molecule has 0 atom stereocenters. The van der Waals surface area contributed by atoms with Crippen LogP contribution in [0.1, 0.15) is 6.92 Å². The molecule has 0 heterocycles. The standard InChI is InChI=1S/C10H14N2O2/c1-2-14-8-7-11-9-3-5-10(12-13)6-4-9/h3-6,11H,2,7-8H2,1H3. The second-order valence-corrected chi connectivity index (χ2v) is 2.76. The van der Waals surface area contributed by atoms with Crippen molar-refractivity contribution in [2.45, 2.75) is 6.92 Å². The Balaban J connectivity index is 2.32. The summed E-state index contributed by atoms with van der Waals surface area (Å²) in [5.41, 5.74) is 1.41. The van der Waals surface area contributed by atoms with Gasteiger partial charge in [-0.15, -0.1) is 4.91 Å². The van der Waals surface area contributed by atoms with Gasteiger partial charge < -0.3 is 10.1 Å². The Labute approximate surface area is 83.2 Å². The number of hydrogen-bond donors (Lipinski definition) is 1. The molecule has 0 radical (unpaired) electrons. The Hall–Kier alpha value is -1.42. The highest BCUT2D eigenvalue weighted by Crippen LogP contribution is 2.15. The molecule has 76 valence electrons. The van der Waals surface area contributed by atoms with Crippen molar-refractivity contribution in [3.8, 4) is 0 Å². The summed E-state index contributed by atoms with van der Waals surface area (Å²) in [5.74, 6) is 0. The Bertz CT molecular complexity index is 272. The van der Waals surface area contributed by atoms with Crippen molar-refractivity contribution in [3.05, 3.63) is 29.2 Å². The maximum Gasteiger partial charge on any atom is 0.108 e. The van der Waals surface area contributed by atoms with Crippen molar-refractivity contribution in [2.75, 3.05) is 25.1 Å². The van der Waals surface area contributed by atoms with Gasteiger partial charge in [0.2, 0.25) is 0 Å². The van der Waals surface area contributed by atoms with Gasteiger partial charge in [0.05, 0.1) is 6.61 Å². The maximum absolute atomic E-state index is 10.1. The van der Waals surface area contributed by atoms with Crippen molar-refractivity contribution in [1.29, 1.82) is 0 Å². The molecule has 0 fully saturated rings. The minimum absolute atomic E-state index is 0.445. The van der Waals surface area contributed by atoms with Crippen LogP contribution in [0.4, 0.5) is 11.4 Å². The Morgan fingerprint density at radius 2 is 2.07 bits per heavy atom. The van der Waals surface area contributed by atoms with E-state index >= 15 is 0 Å². The minimum atomic E-state index is 0.445. The summed E-state index contributed by atoms with van der Waals surface area (Å²) in [6, 6.07) is 7.00. The van der Waals surface area contributed by atoms with Crippen molar-refractivity contribution >= 4 is 11.4 Å². The molecule has 0 aromatic heterocycles. The summed E-state index contributed by atoms with van der Waals surface area (Å²) in [4.78, 5) is 10.1. The van der Waals surface area contributed by atoms with Crippen LogP contribution >= 0.6 is 0 Å². The average Bonchev–Trinajstić information content (AvgIpc) is 2.25. The van der Waals surface area contributed by atoms with E-state index in [2.05, 4.69) is 10.5 Å². The summed E-state index contributed by atoms with van der Waals surface area (Å²) in [6.45, 7) is 4.14. The van der Waals surface area contributed by atoms with Gasteiger partial charge in [-0.3, -0.25) is 0 Å². The largest absolute Gasteiger partial charge is 0.383 e. The van der Waals surface area contributed by atoms with Crippen LogP contribution in [-0.2, 0) is 4.74 Å². The first-order valence-electron chi connectivity index (χ1n) is 4.62. The molecule has 0 unspecified atom stereocenters. The number of benzene rings is 1. The monoisotopic (exact) mass is 194 g/mol. The lowest BCUT2D eigenvalue weighted by atomic mass is 10.3. The third-order valence-corrected chi connectivity index (χ3v) is 1.75. The zero-order valence-corrected chi connectivity index (χ0v) is 8.19. The van der Waals surface area contributed by atoms with Gasteiger partial charge in [0.15, 0.2) is 0 Å². The van der Waals surface area contributed by atoms with E-state index < -0.39 is 0 Å². The van der Waals surface area contributed by atoms with Crippen LogP contribution < -0.4 is 5.32 Å². The first kappa shape index (κ1) is 10.7. The van der Waals surface area contributed by atoms with Crippen LogP contribution in [0.5, 0.6) is 0 Å². The zero-order valence-electron chi connectivity index (χ0n) is 8.19. The molecule has 4 nitrogen and oxygen atoms in total. The van der Waals surface area contributed by atoms with E-state index in [-0.39, 0.29) is 0 Å². The molecular formula is C10H14N2O2. The third-order valence-electron chi connectivity index (χ3n) is 1.75. The number of anilines is 1. The van der Waals surface area contributed by atoms with Crippen LogP contribution in [0.25, 0.3) is 0 Å². The lowest BCUT2D eigenvalue weighted by Crippen LogP contribution is -2.08. The fourth-order valence-corrected chi connectivity index (χ4v) is 1.05. The highest BCUT2D eigenvalue weighted by atomic mass is 16.5. The molecule has 0 spiro atoms. The minimum Gasteiger partial charge on any atom is -0.383 e. The summed E-state index contributed by atoms with van der Waals surface area (Å²) >= 11 is 0. The molecule has 1 rings (SSSR count). The van der Waals surface area contributed by atoms with Crippen molar-refractivity contribution < 1.29 is 4.74 Å². The van der Waals surface area contributed by atoms with E-state index in [4.69, 9.17) is 4.74 Å². The van der Waals surface area contributed by atoms with Crippen molar-refractivity contribution in [1.82, 2.24) is 0 Å². The van der Waals surface area contributed by atoms with Crippen LogP contribution in [0.2, 0.25) is 0 Å². The first-order chi connectivity index (χ1) is 6.86. The number of rotatable bonds is 6. The average molecular weight is 194 g/mol. The number of ether oxygens (including phenoxy) is 1. The molecule has 0 saturated heterocycles. The molecule has 1 aromatic carbocycles. The number of nitrogens with zero attached hydrogens (tertiary/aromatic N) is 1. The van der Waals surface area contributed by atoms with E-state index in [0.29, 0.717) is 12.3 Å². The van der Waals surface area contributed by atoms with E-state index in [1.165, 1.54) is 0 Å². The molecule has 1 aromatic rings. The molecule has 1 N–H and O–H groups in total. The second kappa shape index (κ2) is 6.10. The topological polar surface area (TPSA) is 50.7 Å². The fourth-order valence-electron chi connectivity index (χ4n) is 1.05. The van der Waals surface area contributed by atoms with E-state index in [1.54, 1.807) is 12.1 Å². The van der Waals surface area contributed by atoms with Gasteiger partial charge in [-0.2, -0.15) is 0 Å². The number of hydrogen-bond acceptors (Lipinski definition) is 4. The van der Waals surface area contributed by atoms with Gasteiger partial charge in [0.25, 0.3) is 0 Å². The van der Waals surface area contributed by atoms with Crippen LogP contribution in [0.15, 0.2) is 29.4 Å². The lowest BCUT2D eigenvalue weighted by molar-refractivity contribution is 0.158. The summed E-state index contributed by atoms with van der Waals surface area (Å²) in [5, 5.41) is 5.98. The second-order valence-electron chi connectivity index (χ2n) is 2.76. The smallest absolute Gasteiger partial charge is 0.108 e. The predicted molar refractivity (Wildman–Crippen MR) is 56.9 cm³/mol. The molecule has 0 aliphatic heterocycles. The van der Waals surface area contributed by atoms with Gasteiger partial charge in [0.1, 0.15) is 5.69 Å². The maximum atomic E-state index is 10.1. The summed E-state index contributed by atoms with van der Waals surface area (Å²) in [6.07, 6.45) is 0. The number of nitrogens with one attached hydrogen (secondary N) is 1. The Kier molecular flexibility index (Phi) is 4.64. The first-order valence-corrected chi connectivity index (χ1v) is 4.62. The third kappa shape index (κ3) is 3.53. The molecule has 0 amide bonds. The van der Waals surface area contributed by atoms with Gasteiger partial charge in [-0.1, -0.05) is 0 Å². The van der Waals surface area contributed by atoms with E-state index in [1.807, 2.05) is 19.1 Å². The van der Waals surface area contributed by atoms with Crippen LogP contribution in [-0.4, -0.2) is 19.8 Å². The zero-order chi connectivity index (χ0) is 10.2. The van der Waals surface area contributed by atoms with Gasteiger partial charge in [-0.25, -0.2) is 0 Å². The highest BCUT2D eigenvalue weighted by molar-refractivity contribution is 5.50. The SMILES string of the molecule is CCOCCNc1ccc(N=O)cc1. The molecule has 0 saturated carbocycles. The predicted octanol–water partition coefficient (Wildman–Crippen LogP) is 2.53. The highest BCUT2D eigenvalue weighted by Gasteiger charge is 1.92. The van der Waals surface area contributed by atoms with E-state index in [0.717, 1.165) is 18.8 Å². The van der Waals surface area contributed by atoms with Gasteiger partial charge in [0, 0.05) is 18.8 Å². The van der Waals surface area contributed by atoms with Gasteiger partial charge >= 0.3 is 0 Å².